The lowest BCUT2D eigenvalue weighted by atomic mass is 9.73. The van der Waals surface area contributed by atoms with E-state index in [1.807, 2.05) is 6.08 Å². The van der Waals surface area contributed by atoms with Gasteiger partial charge in [0.1, 0.15) is 0 Å². The highest BCUT2D eigenvalue weighted by molar-refractivity contribution is 5.86. The zero-order valence-corrected chi connectivity index (χ0v) is 10.6. The standard InChI is InChI=1S/C14H18O4.2H2/c1-13(5-3-2-4-12(15)16)6-8-14(9-7-13)17-10-11-18-14;;/h3,5H,6-11H2,1H3,(H,15,16);2*1H/b5-3+;;. The van der Waals surface area contributed by atoms with Gasteiger partial charge in [-0.3, -0.25) is 0 Å². The van der Waals surface area contributed by atoms with E-state index in [1.54, 1.807) is 6.08 Å². The van der Waals surface area contributed by atoms with E-state index in [-0.39, 0.29) is 14.1 Å². The van der Waals surface area contributed by atoms with E-state index in [0.29, 0.717) is 13.2 Å². The summed E-state index contributed by atoms with van der Waals surface area (Å²) in [6.45, 7) is 3.54. The van der Waals surface area contributed by atoms with Crippen molar-refractivity contribution in [2.24, 2.45) is 5.41 Å². The summed E-state index contributed by atoms with van der Waals surface area (Å²) in [5, 5.41) is 8.41. The minimum atomic E-state index is -1.10. The molecular formula is C14H22O4. The monoisotopic (exact) mass is 254 g/mol. The van der Waals surface area contributed by atoms with Crippen molar-refractivity contribution in [1.82, 2.24) is 0 Å². The zero-order chi connectivity index (χ0) is 13.1. The second-order valence-corrected chi connectivity index (χ2v) is 5.17. The highest BCUT2D eigenvalue weighted by Crippen LogP contribution is 2.45. The van der Waals surface area contributed by atoms with Crippen molar-refractivity contribution in [2.45, 2.75) is 38.4 Å². The molecule has 1 N–H and O–H groups in total. The summed E-state index contributed by atoms with van der Waals surface area (Å²) in [6.07, 6.45) is 7.37. The van der Waals surface area contributed by atoms with Crippen LogP contribution < -0.4 is 0 Å². The molecule has 0 aromatic carbocycles. The number of aliphatic carboxylic acids is 1. The second kappa shape index (κ2) is 5.13. The van der Waals surface area contributed by atoms with Crippen LogP contribution in [0.25, 0.3) is 0 Å². The Morgan fingerprint density at radius 3 is 2.44 bits per heavy atom. The number of ether oxygens (including phenoxy) is 2. The molecule has 0 unspecified atom stereocenters. The van der Waals surface area contributed by atoms with Gasteiger partial charge < -0.3 is 14.6 Å². The highest BCUT2D eigenvalue weighted by atomic mass is 16.7. The molecule has 0 radical (unpaired) electrons. The number of hydrogen-bond donors (Lipinski definition) is 1. The fourth-order valence-electron chi connectivity index (χ4n) is 2.50. The number of carboxylic acid groups (broad SMARTS) is 1. The van der Waals surface area contributed by atoms with Crippen LogP contribution in [0.4, 0.5) is 0 Å². The number of rotatable bonds is 1. The summed E-state index contributed by atoms with van der Waals surface area (Å²) >= 11 is 0. The van der Waals surface area contributed by atoms with Crippen molar-refractivity contribution in [3.05, 3.63) is 12.2 Å². The van der Waals surface area contributed by atoms with Gasteiger partial charge in [0.25, 0.3) is 0 Å². The molecule has 1 saturated carbocycles. The van der Waals surface area contributed by atoms with Gasteiger partial charge in [-0.2, -0.15) is 0 Å². The number of hydrogen-bond acceptors (Lipinski definition) is 3. The number of allylic oxidation sites excluding steroid dienone is 2. The molecule has 0 bridgehead atoms. The second-order valence-electron chi connectivity index (χ2n) is 5.17. The van der Waals surface area contributed by atoms with Gasteiger partial charge in [-0.15, -0.1) is 0 Å². The lowest BCUT2D eigenvalue weighted by molar-refractivity contribution is -0.186. The van der Waals surface area contributed by atoms with Crippen molar-refractivity contribution < 1.29 is 22.2 Å². The van der Waals surface area contributed by atoms with Crippen molar-refractivity contribution >= 4 is 5.97 Å². The van der Waals surface area contributed by atoms with Gasteiger partial charge in [-0.25, -0.2) is 4.79 Å². The maximum Gasteiger partial charge on any atom is 0.382 e. The molecule has 18 heavy (non-hydrogen) atoms. The molecule has 4 heteroatoms. The summed E-state index contributed by atoms with van der Waals surface area (Å²) in [7, 11) is 0. The first-order valence-electron chi connectivity index (χ1n) is 6.24. The number of carboxylic acids is 1. The Balaban J connectivity index is 0.00000180. The predicted octanol–water partition coefficient (Wildman–Crippen LogP) is 2.45. The molecule has 1 saturated heterocycles. The van der Waals surface area contributed by atoms with E-state index < -0.39 is 5.97 Å². The Kier molecular flexibility index (Phi) is 3.74. The van der Waals surface area contributed by atoms with Gasteiger partial charge in [-0.1, -0.05) is 18.9 Å². The van der Waals surface area contributed by atoms with Crippen LogP contribution in [-0.4, -0.2) is 30.1 Å². The van der Waals surface area contributed by atoms with Crippen molar-refractivity contribution in [3.8, 4) is 11.8 Å². The molecular weight excluding hydrogens is 232 g/mol. The van der Waals surface area contributed by atoms with Crippen LogP contribution >= 0.6 is 0 Å². The van der Waals surface area contributed by atoms with Gasteiger partial charge in [0, 0.05) is 21.6 Å². The van der Waals surface area contributed by atoms with Crippen LogP contribution in [0, 0.1) is 17.3 Å². The fraction of sp³-hybridized carbons (Fsp3) is 0.643. The first kappa shape index (κ1) is 13.1. The lowest BCUT2D eigenvalue weighted by Crippen LogP contribution is -2.38. The smallest absolute Gasteiger partial charge is 0.382 e. The summed E-state index contributed by atoms with van der Waals surface area (Å²) < 4.78 is 11.4. The van der Waals surface area contributed by atoms with E-state index in [0.717, 1.165) is 25.7 Å². The van der Waals surface area contributed by atoms with E-state index in [2.05, 4.69) is 18.8 Å². The predicted molar refractivity (Wildman–Crippen MR) is 70.0 cm³/mol. The Morgan fingerprint density at radius 2 is 1.89 bits per heavy atom. The van der Waals surface area contributed by atoms with Gasteiger partial charge >= 0.3 is 5.97 Å². The average Bonchev–Trinajstić information content (AvgIpc) is 2.79. The summed E-state index contributed by atoms with van der Waals surface area (Å²) in [6, 6.07) is 0. The molecule has 4 nitrogen and oxygen atoms in total. The molecule has 1 spiro atoms. The van der Waals surface area contributed by atoms with E-state index in [9.17, 15) is 4.79 Å². The van der Waals surface area contributed by atoms with Crippen LogP contribution in [0.1, 0.15) is 35.5 Å². The topological polar surface area (TPSA) is 55.8 Å². The van der Waals surface area contributed by atoms with Crippen molar-refractivity contribution in [3.63, 3.8) is 0 Å². The Morgan fingerprint density at radius 1 is 1.28 bits per heavy atom. The van der Waals surface area contributed by atoms with Gasteiger partial charge in [-0.05, 0) is 24.3 Å². The zero-order valence-electron chi connectivity index (χ0n) is 10.6. The van der Waals surface area contributed by atoms with Crippen LogP contribution in [0.15, 0.2) is 12.2 Å². The van der Waals surface area contributed by atoms with Gasteiger partial charge in [0.15, 0.2) is 5.79 Å². The summed E-state index contributed by atoms with van der Waals surface area (Å²) in [4.78, 5) is 10.3. The van der Waals surface area contributed by atoms with Gasteiger partial charge in [0.2, 0.25) is 0 Å². The quantitative estimate of drug-likeness (QED) is 0.730. The highest BCUT2D eigenvalue weighted by Gasteiger charge is 2.43. The lowest BCUT2D eigenvalue weighted by Gasteiger charge is -2.40. The SMILES string of the molecule is CC1(/C=C/C#CC(=O)O)CCC2(CC1)OCCO2.[HH].[HH]. The van der Waals surface area contributed by atoms with E-state index >= 15 is 0 Å². The van der Waals surface area contributed by atoms with Crippen LogP contribution in [0.5, 0.6) is 0 Å². The Bertz CT molecular complexity index is 407. The average molecular weight is 254 g/mol. The maximum absolute atomic E-state index is 10.3. The molecule has 2 rings (SSSR count). The third-order valence-electron chi connectivity index (χ3n) is 3.72. The third kappa shape index (κ3) is 3.12. The molecule has 1 aliphatic carbocycles. The fourth-order valence-corrected chi connectivity index (χ4v) is 2.50. The molecule has 0 atom stereocenters. The largest absolute Gasteiger partial charge is 0.472 e. The van der Waals surface area contributed by atoms with Crippen LogP contribution in [-0.2, 0) is 14.3 Å². The van der Waals surface area contributed by atoms with Crippen LogP contribution in [0.2, 0.25) is 0 Å². The minimum absolute atomic E-state index is 0. The molecule has 102 valence electrons. The normalized spacial score (nSPS) is 24.9. The molecule has 0 aromatic rings. The Hall–Kier alpha value is -1.31. The van der Waals surface area contributed by atoms with Crippen molar-refractivity contribution in [1.29, 1.82) is 0 Å². The molecule has 2 fully saturated rings. The summed E-state index contributed by atoms with van der Waals surface area (Å²) in [5.41, 5.74) is 0.0632. The molecule has 0 amide bonds. The summed E-state index contributed by atoms with van der Waals surface area (Å²) in [5.74, 6) is 3.16. The van der Waals surface area contributed by atoms with Crippen LogP contribution in [0.3, 0.4) is 0 Å². The molecule has 2 aliphatic rings. The first-order chi connectivity index (χ1) is 8.54. The molecule has 1 aliphatic heterocycles. The first-order valence-corrected chi connectivity index (χ1v) is 6.24. The van der Waals surface area contributed by atoms with E-state index in [4.69, 9.17) is 14.6 Å². The van der Waals surface area contributed by atoms with Gasteiger partial charge in [0.05, 0.1) is 13.2 Å². The van der Waals surface area contributed by atoms with E-state index in [1.165, 1.54) is 0 Å². The molecule has 0 aromatic heterocycles. The Labute approximate surface area is 110 Å². The molecule has 1 heterocycles. The maximum atomic E-state index is 10.3. The minimum Gasteiger partial charge on any atom is -0.472 e. The third-order valence-corrected chi connectivity index (χ3v) is 3.72. The number of carbonyl (C=O) groups is 1. The van der Waals surface area contributed by atoms with Crippen molar-refractivity contribution in [2.75, 3.05) is 13.2 Å².